The molecular formula is C10H9F3N2O4. The molecule has 1 amide bonds. The summed E-state index contributed by atoms with van der Waals surface area (Å²) in [6.07, 6.45) is -5.14. The zero-order valence-corrected chi connectivity index (χ0v) is 9.40. The number of hydrogen-bond donors (Lipinski definition) is 2. The topological polar surface area (TPSA) is 92.5 Å². The largest absolute Gasteiger partial charge is 0.502 e. The second kappa shape index (κ2) is 5.55. The first-order chi connectivity index (χ1) is 8.73. The Morgan fingerprint density at radius 1 is 1.42 bits per heavy atom. The maximum Gasteiger partial charge on any atom is 0.471 e. The van der Waals surface area contributed by atoms with Gasteiger partial charge in [-0.05, 0) is 6.42 Å². The Balaban J connectivity index is 2.67. The molecule has 9 heteroatoms. The Morgan fingerprint density at radius 3 is 2.58 bits per heavy atom. The maximum absolute atomic E-state index is 11.9. The number of halogens is 3. The van der Waals surface area contributed by atoms with Crippen LogP contribution in [0, 0.1) is 10.1 Å². The minimum Gasteiger partial charge on any atom is -0.502 e. The Morgan fingerprint density at radius 2 is 2.05 bits per heavy atom. The molecule has 0 unspecified atom stereocenters. The molecule has 104 valence electrons. The van der Waals surface area contributed by atoms with Crippen molar-refractivity contribution in [2.24, 2.45) is 0 Å². The molecule has 19 heavy (non-hydrogen) atoms. The van der Waals surface area contributed by atoms with E-state index >= 15 is 0 Å². The molecule has 0 atom stereocenters. The van der Waals surface area contributed by atoms with E-state index < -0.39 is 35.0 Å². The summed E-state index contributed by atoms with van der Waals surface area (Å²) in [7, 11) is 0. The van der Waals surface area contributed by atoms with Crippen LogP contribution in [0.2, 0.25) is 0 Å². The van der Waals surface area contributed by atoms with E-state index in [2.05, 4.69) is 0 Å². The van der Waals surface area contributed by atoms with Gasteiger partial charge < -0.3 is 10.4 Å². The first kappa shape index (κ1) is 14.7. The average molecular weight is 278 g/mol. The van der Waals surface area contributed by atoms with E-state index in [-0.39, 0.29) is 12.0 Å². The molecule has 0 fully saturated rings. The second-order valence-electron chi connectivity index (χ2n) is 3.55. The fourth-order valence-electron chi connectivity index (χ4n) is 1.34. The number of nitrogens with zero attached hydrogens (tertiary/aromatic N) is 1. The summed E-state index contributed by atoms with van der Waals surface area (Å²) in [6.45, 7) is -0.396. The van der Waals surface area contributed by atoms with Crippen molar-refractivity contribution in [3.8, 4) is 5.75 Å². The van der Waals surface area contributed by atoms with Crippen molar-refractivity contribution in [2.75, 3.05) is 6.54 Å². The number of nitrogens with one attached hydrogen (secondary N) is 1. The van der Waals surface area contributed by atoms with Crippen molar-refractivity contribution < 1.29 is 28.0 Å². The zero-order chi connectivity index (χ0) is 14.6. The van der Waals surface area contributed by atoms with Crippen LogP contribution < -0.4 is 5.32 Å². The molecule has 6 nitrogen and oxygen atoms in total. The van der Waals surface area contributed by atoms with Crippen molar-refractivity contribution in [3.63, 3.8) is 0 Å². The van der Waals surface area contributed by atoms with E-state index in [1.807, 2.05) is 0 Å². The predicted octanol–water partition coefficient (Wildman–Crippen LogP) is 1.52. The van der Waals surface area contributed by atoms with E-state index in [4.69, 9.17) is 0 Å². The molecule has 0 aromatic heterocycles. The van der Waals surface area contributed by atoms with Crippen molar-refractivity contribution >= 4 is 11.6 Å². The van der Waals surface area contributed by atoms with Crippen LogP contribution in [0.5, 0.6) is 5.75 Å². The van der Waals surface area contributed by atoms with Gasteiger partial charge in [-0.15, -0.1) is 0 Å². The Bertz CT molecular complexity index is 502. The van der Waals surface area contributed by atoms with Gasteiger partial charge in [-0.2, -0.15) is 13.2 Å². The lowest BCUT2D eigenvalue weighted by atomic mass is 10.1. The molecule has 0 saturated carbocycles. The highest BCUT2D eigenvalue weighted by Crippen LogP contribution is 2.29. The number of benzene rings is 1. The minimum absolute atomic E-state index is 0.0803. The normalized spacial score (nSPS) is 11.1. The van der Waals surface area contributed by atoms with Gasteiger partial charge in [0.2, 0.25) is 0 Å². The number of para-hydroxylation sites is 1. The number of amides is 1. The van der Waals surface area contributed by atoms with Crippen molar-refractivity contribution in [1.29, 1.82) is 0 Å². The smallest absolute Gasteiger partial charge is 0.471 e. The molecule has 1 rings (SSSR count). The van der Waals surface area contributed by atoms with Crippen LogP contribution in [0.25, 0.3) is 0 Å². The molecule has 1 aromatic rings. The second-order valence-corrected chi connectivity index (χ2v) is 3.55. The first-order valence-corrected chi connectivity index (χ1v) is 5.03. The molecule has 0 aliphatic carbocycles. The Labute approximate surface area is 105 Å². The molecule has 0 radical (unpaired) electrons. The van der Waals surface area contributed by atoms with Gasteiger partial charge in [0, 0.05) is 18.2 Å². The number of phenols is 1. The van der Waals surface area contributed by atoms with Crippen LogP contribution in [0.1, 0.15) is 5.56 Å². The van der Waals surface area contributed by atoms with Crippen LogP contribution in [0.4, 0.5) is 18.9 Å². The van der Waals surface area contributed by atoms with Gasteiger partial charge in [-0.1, -0.05) is 12.1 Å². The highest BCUT2D eigenvalue weighted by Gasteiger charge is 2.38. The quantitative estimate of drug-likeness (QED) is 0.645. The highest BCUT2D eigenvalue weighted by atomic mass is 19.4. The van der Waals surface area contributed by atoms with E-state index in [1.165, 1.54) is 12.1 Å². The third kappa shape index (κ3) is 3.83. The van der Waals surface area contributed by atoms with Crippen molar-refractivity contribution in [2.45, 2.75) is 12.6 Å². The Kier molecular flexibility index (Phi) is 4.30. The number of carbonyl (C=O) groups is 1. The number of phenolic OH excluding ortho intramolecular Hbond substituents is 1. The average Bonchev–Trinajstić information content (AvgIpc) is 2.29. The fraction of sp³-hybridized carbons (Fsp3) is 0.300. The van der Waals surface area contributed by atoms with Crippen LogP contribution >= 0.6 is 0 Å². The number of rotatable bonds is 4. The number of carbonyl (C=O) groups excluding carboxylic acids is 1. The van der Waals surface area contributed by atoms with Gasteiger partial charge in [-0.25, -0.2) is 0 Å². The molecule has 0 aliphatic heterocycles. The highest BCUT2D eigenvalue weighted by molar-refractivity contribution is 5.81. The van der Waals surface area contributed by atoms with Crippen LogP contribution in [0.3, 0.4) is 0 Å². The molecule has 2 N–H and O–H groups in total. The summed E-state index contributed by atoms with van der Waals surface area (Å²) in [5.41, 5.74) is -0.462. The number of nitro groups is 1. The standard InChI is InChI=1S/C10H9F3N2O4/c11-10(12,13)9(17)14-5-4-6-2-1-3-7(8(6)16)15(18)19/h1-3,16H,4-5H2,(H,14,17). The van der Waals surface area contributed by atoms with E-state index in [9.17, 15) is 33.2 Å². The molecule has 0 bridgehead atoms. The van der Waals surface area contributed by atoms with Gasteiger partial charge in [-0.3, -0.25) is 14.9 Å². The minimum atomic E-state index is -4.98. The summed E-state index contributed by atoms with van der Waals surface area (Å²) < 4.78 is 35.6. The molecular weight excluding hydrogens is 269 g/mol. The van der Waals surface area contributed by atoms with Crippen molar-refractivity contribution in [1.82, 2.24) is 5.32 Å². The summed E-state index contributed by atoms with van der Waals surface area (Å²) in [5.74, 6) is -2.72. The van der Waals surface area contributed by atoms with E-state index in [0.29, 0.717) is 0 Å². The monoisotopic (exact) mass is 278 g/mol. The van der Waals surface area contributed by atoms with Gasteiger partial charge >= 0.3 is 17.8 Å². The molecule has 0 saturated heterocycles. The fourth-order valence-corrected chi connectivity index (χ4v) is 1.34. The van der Waals surface area contributed by atoms with Crippen molar-refractivity contribution in [3.05, 3.63) is 33.9 Å². The van der Waals surface area contributed by atoms with Crippen LogP contribution in [-0.4, -0.2) is 28.7 Å². The number of hydrogen-bond acceptors (Lipinski definition) is 4. The van der Waals surface area contributed by atoms with Gasteiger partial charge in [0.05, 0.1) is 4.92 Å². The number of nitro benzene ring substituents is 1. The van der Waals surface area contributed by atoms with Crippen LogP contribution in [0.15, 0.2) is 18.2 Å². The third-order valence-corrected chi connectivity index (χ3v) is 2.23. The summed E-state index contributed by atoms with van der Waals surface area (Å²) in [6, 6.07) is 3.67. The molecule has 0 heterocycles. The van der Waals surface area contributed by atoms with Gasteiger partial charge in [0.25, 0.3) is 0 Å². The van der Waals surface area contributed by atoms with Crippen LogP contribution in [-0.2, 0) is 11.2 Å². The molecule has 0 spiro atoms. The van der Waals surface area contributed by atoms with E-state index in [1.54, 1.807) is 5.32 Å². The SMILES string of the molecule is O=C(NCCc1cccc([N+](=O)[O-])c1O)C(F)(F)F. The lowest BCUT2D eigenvalue weighted by Crippen LogP contribution is -2.37. The summed E-state index contributed by atoms with van der Waals surface area (Å²) in [4.78, 5) is 20.2. The predicted molar refractivity (Wildman–Crippen MR) is 57.5 cm³/mol. The molecule has 1 aromatic carbocycles. The lowest BCUT2D eigenvalue weighted by molar-refractivity contribution is -0.385. The lowest BCUT2D eigenvalue weighted by Gasteiger charge is -2.08. The Hall–Kier alpha value is -2.32. The van der Waals surface area contributed by atoms with Gasteiger partial charge in [0.1, 0.15) is 0 Å². The maximum atomic E-state index is 11.9. The zero-order valence-electron chi connectivity index (χ0n) is 9.40. The van der Waals surface area contributed by atoms with E-state index in [0.717, 1.165) is 6.07 Å². The third-order valence-electron chi connectivity index (χ3n) is 2.23. The number of alkyl halides is 3. The number of aromatic hydroxyl groups is 1. The molecule has 0 aliphatic rings. The van der Waals surface area contributed by atoms with Gasteiger partial charge in [0.15, 0.2) is 5.75 Å². The summed E-state index contributed by atoms with van der Waals surface area (Å²) >= 11 is 0. The first-order valence-electron chi connectivity index (χ1n) is 5.03. The summed E-state index contributed by atoms with van der Waals surface area (Å²) in [5, 5.41) is 21.6.